The van der Waals surface area contributed by atoms with Crippen LogP contribution in [0.4, 0.5) is 10.1 Å². The molecule has 9 nitrogen and oxygen atoms in total. The van der Waals surface area contributed by atoms with Crippen molar-refractivity contribution in [3.63, 3.8) is 0 Å². The highest BCUT2D eigenvalue weighted by Gasteiger charge is 2.29. The standard InChI is InChI=1S/C25H29FN8O.C2H6/c1-4-28-32-20-11-15(2)5-6-18(20)25(35)34-9-7-16(8-10-34)21-19(26)13-27-24-22(21)30-23(31-24)17-12-29-33(3)14-17;1-2/h5-6,11-14,16,28,32H,4,7-10H2,1-3H3,(H,27,30,31);1-2H3. The summed E-state index contributed by atoms with van der Waals surface area (Å²) in [7, 11) is 1.83. The number of nitrogens with zero attached hydrogens (tertiary/aromatic N) is 5. The monoisotopic (exact) mass is 506 g/mol. The first kappa shape index (κ1) is 26.3. The Kier molecular flexibility index (Phi) is 8.17. The number of fused-ring (bicyclic) bond motifs is 1. The number of benzene rings is 1. The quantitative estimate of drug-likeness (QED) is 0.325. The molecule has 0 radical (unpaired) electrons. The fourth-order valence-electron chi connectivity index (χ4n) is 4.70. The average molecular weight is 507 g/mol. The number of hydrogen-bond acceptors (Lipinski definition) is 6. The number of hydrogen-bond donors (Lipinski definition) is 3. The molecule has 10 heteroatoms. The number of carbonyl (C=O) groups excluding carboxylic acids is 1. The lowest BCUT2D eigenvalue weighted by molar-refractivity contribution is 0.0713. The van der Waals surface area contributed by atoms with Gasteiger partial charge in [-0.1, -0.05) is 26.8 Å². The van der Waals surface area contributed by atoms with E-state index < -0.39 is 0 Å². The van der Waals surface area contributed by atoms with E-state index in [9.17, 15) is 4.79 Å². The van der Waals surface area contributed by atoms with Gasteiger partial charge < -0.3 is 15.3 Å². The zero-order chi connectivity index (χ0) is 26.5. The van der Waals surface area contributed by atoms with Crippen molar-refractivity contribution in [2.75, 3.05) is 25.1 Å². The molecular weight excluding hydrogens is 471 g/mol. The summed E-state index contributed by atoms with van der Waals surface area (Å²) < 4.78 is 16.7. The Morgan fingerprint density at radius 1 is 1.22 bits per heavy atom. The van der Waals surface area contributed by atoms with Crippen molar-refractivity contribution in [1.29, 1.82) is 0 Å². The van der Waals surface area contributed by atoms with Gasteiger partial charge in [-0.2, -0.15) is 5.10 Å². The number of aromatic nitrogens is 5. The molecule has 5 rings (SSSR count). The van der Waals surface area contributed by atoms with Gasteiger partial charge in [0.25, 0.3) is 5.91 Å². The second-order valence-electron chi connectivity index (χ2n) is 8.98. The Morgan fingerprint density at radius 3 is 2.65 bits per heavy atom. The van der Waals surface area contributed by atoms with Gasteiger partial charge >= 0.3 is 0 Å². The first-order valence-corrected chi connectivity index (χ1v) is 12.9. The highest BCUT2D eigenvalue weighted by atomic mass is 19.1. The number of nitrogens with one attached hydrogen (secondary N) is 3. The minimum atomic E-state index is -0.348. The lowest BCUT2D eigenvalue weighted by Gasteiger charge is -2.33. The lowest BCUT2D eigenvalue weighted by atomic mass is 9.88. The van der Waals surface area contributed by atoms with Gasteiger partial charge in [0, 0.05) is 38.4 Å². The smallest absolute Gasteiger partial charge is 0.256 e. The van der Waals surface area contributed by atoms with Crippen molar-refractivity contribution >= 4 is 22.8 Å². The normalized spacial score (nSPS) is 13.9. The van der Waals surface area contributed by atoms with Gasteiger partial charge in [-0.05, 0) is 43.4 Å². The van der Waals surface area contributed by atoms with Crippen LogP contribution < -0.4 is 10.9 Å². The van der Waals surface area contributed by atoms with Crippen LogP contribution in [0.5, 0.6) is 0 Å². The van der Waals surface area contributed by atoms with E-state index in [4.69, 9.17) is 0 Å². The van der Waals surface area contributed by atoms with Crippen molar-refractivity contribution in [2.45, 2.75) is 46.5 Å². The van der Waals surface area contributed by atoms with E-state index in [1.807, 2.05) is 64.0 Å². The largest absolute Gasteiger partial charge is 0.339 e. The Bertz CT molecular complexity index is 1370. The molecule has 3 aromatic heterocycles. The molecule has 0 unspecified atom stereocenters. The molecule has 1 aliphatic rings. The van der Waals surface area contributed by atoms with Crippen molar-refractivity contribution in [2.24, 2.45) is 7.05 Å². The van der Waals surface area contributed by atoms with Crippen molar-refractivity contribution in [3.05, 3.63) is 59.3 Å². The Hall–Kier alpha value is -3.79. The molecule has 3 N–H and O–H groups in total. The van der Waals surface area contributed by atoms with Crippen LogP contribution in [-0.4, -0.2) is 55.2 Å². The van der Waals surface area contributed by atoms with Crippen LogP contribution >= 0.6 is 0 Å². The van der Waals surface area contributed by atoms with Gasteiger partial charge in [-0.15, -0.1) is 0 Å². The molecular formula is C27H35FN8O. The molecule has 1 amide bonds. The number of aryl methyl sites for hydroxylation is 2. The number of likely N-dealkylation sites (tertiary alicyclic amines) is 1. The number of pyridine rings is 1. The third-order valence-electron chi connectivity index (χ3n) is 6.49. The van der Waals surface area contributed by atoms with Gasteiger partial charge in [-0.25, -0.2) is 19.8 Å². The van der Waals surface area contributed by atoms with E-state index in [2.05, 4.69) is 30.9 Å². The summed E-state index contributed by atoms with van der Waals surface area (Å²) in [5.41, 5.74) is 11.2. The number of aromatic amines is 1. The molecule has 37 heavy (non-hydrogen) atoms. The fraction of sp³-hybridized carbons (Fsp3) is 0.407. The molecule has 1 saturated heterocycles. The van der Waals surface area contributed by atoms with Gasteiger partial charge in [0.05, 0.1) is 34.7 Å². The summed E-state index contributed by atoms with van der Waals surface area (Å²) in [6, 6.07) is 5.77. The molecule has 0 atom stereocenters. The SMILES string of the molecule is CC.CCNNc1cc(C)ccc1C(=O)N1CCC(c2c(F)cnc3nc(-c4cnn(C)c4)[nH]c23)CC1. The highest BCUT2D eigenvalue weighted by Crippen LogP contribution is 2.35. The maximum Gasteiger partial charge on any atom is 0.256 e. The first-order chi connectivity index (χ1) is 17.9. The molecule has 4 aromatic rings. The Balaban J connectivity index is 0.00000156. The van der Waals surface area contributed by atoms with Gasteiger partial charge in [0.1, 0.15) is 11.6 Å². The number of amides is 1. The lowest BCUT2D eigenvalue weighted by Crippen LogP contribution is -2.38. The number of rotatable bonds is 6. The maximum atomic E-state index is 15.0. The summed E-state index contributed by atoms with van der Waals surface area (Å²) in [4.78, 5) is 27.2. The molecule has 0 bridgehead atoms. The van der Waals surface area contributed by atoms with E-state index >= 15 is 4.39 Å². The molecule has 0 spiro atoms. The zero-order valence-electron chi connectivity index (χ0n) is 22.1. The predicted molar refractivity (Wildman–Crippen MR) is 144 cm³/mol. The topological polar surface area (TPSA) is 104 Å². The molecule has 196 valence electrons. The van der Waals surface area contributed by atoms with Crippen LogP contribution in [0.2, 0.25) is 0 Å². The number of carbonyl (C=O) groups is 1. The highest BCUT2D eigenvalue weighted by molar-refractivity contribution is 5.99. The Morgan fingerprint density at radius 2 is 1.97 bits per heavy atom. The van der Waals surface area contributed by atoms with Crippen molar-refractivity contribution in [1.82, 2.24) is 35.1 Å². The molecule has 1 aliphatic heterocycles. The number of halogens is 1. The fourth-order valence-corrected chi connectivity index (χ4v) is 4.70. The summed E-state index contributed by atoms with van der Waals surface area (Å²) in [6.07, 6.45) is 6.12. The van der Waals surface area contributed by atoms with Crippen molar-refractivity contribution in [3.8, 4) is 11.4 Å². The van der Waals surface area contributed by atoms with E-state index in [0.717, 1.165) is 23.4 Å². The van der Waals surface area contributed by atoms with Gasteiger partial charge in [0.15, 0.2) is 5.65 Å². The second-order valence-corrected chi connectivity index (χ2v) is 8.98. The number of imidazole rings is 1. The minimum Gasteiger partial charge on any atom is -0.339 e. The van der Waals surface area contributed by atoms with Crippen LogP contribution in [0.25, 0.3) is 22.6 Å². The number of anilines is 1. The number of H-pyrrole nitrogens is 1. The van der Waals surface area contributed by atoms with Crippen LogP contribution in [0.1, 0.15) is 61.0 Å². The molecule has 1 fully saturated rings. The summed E-state index contributed by atoms with van der Waals surface area (Å²) >= 11 is 0. The van der Waals surface area contributed by atoms with Gasteiger partial charge in [-0.3, -0.25) is 9.48 Å². The third-order valence-corrected chi connectivity index (χ3v) is 6.49. The van der Waals surface area contributed by atoms with Crippen LogP contribution in [-0.2, 0) is 7.05 Å². The molecule has 4 heterocycles. The van der Waals surface area contributed by atoms with E-state index in [0.29, 0.717) is 54.0 Å². The van der Waals surface area contributed by atoms with Gasteiger partial charge in [0.2, 0.25) is 0 Å². The maximum absolute atomic E-state index is 15.0. The minimum absolute atomic E-state index is 0.0235. The first-order valence-electron chi connectivity index (χ1n) is 12.9. The van der Waals surface area contributed by atoms with Crippen LogP contribution in [0, 0.1) is 12.7 Å². The van der Waals surface area contributed by atoms with Crippen molar-refractivity contribution < 1.29 is 9.18 Å². The zero-order valence-corrected chi connectivity index (χ0v) is 22.1. The number of hydrazine groups is 1. The summed E-state index contributed by atoms with van der Waals surface area (Å²) in [5, 5.41) is 4.19. The van der Waals surface area contributed by atoms with Crippen LogP contribution in [0.15, 0.2) is 36.8 Å². The van der Waals surface area contributed by atoms with E-state index in [1.165, 1.54) is 6.20 Å². The third kappa shape index (κ3) is 5.48. The average Bonchev–Trinajstić information content (AvgIpc) is 3.54. The molecule has 0 aliphatic carbocycles. The summed E-state index contributed by atoms with van der Waals surface area (Å²) in [5.74, 6) is 0.202. The summed E-state index contributed by atoms with van der Waals surface area (Å²) in [6.45, 7) is 9.81. The van der Waals surface area contributed by atoms with Crippen LogP contribution in [0.3, 0.4) is 0 Å². The predicted octanol–water partition coefficient (Wildman–Crippen LogP) is 4.79. The number of piperidine rings is 1. The molecule has 1 aromatic carbocycles. The van der Waals surface area contributed by atoms with E-state index in [-0.39, 0.29) is 17.6 Å². The van der Waals surface area contributed by atoms with E-state index in [1.54, 1.807) is 10.9 Å². The Labute approximate surface area is 216 Å². The second kappa shape index (κ2) is 11.5. The molecule has 0 saturated carbocycles.